The summed E-state index contributed by atoms with van der Waals surface area (Å²) in [6.45, 7) is 2.45. The van der Waals surface area contributed by atoms with Gasteiger partial charge in [0.15, 0.2) is 0 Å². The highest BCUT2D eigenvalue weighted by molar-refractivity contribution is 6.31. The van der Waals surface area contributed by atoms with Gasteiger partial charge < -0.3 is 5.32 Å². The van der Waals surface area contributed by atoms with E-state index in [9.17, 15) is 4.79 Å². The first-order valence-corrected chi connectivity index (χ1v) is 5.35. The second kappa shape index (κ2) is 4.80. The summed E-state index contributed by atoms with van der Waals surface area (Å²) in [4.78, 5) is 11.7. The number of rotatable bonds is 2. The number of hydrazine groups is 2. The molecule has 0 bridgehead atoms. The Bertz CT molecular complexity index is 404. The Morgan fingerprint density at radius 2 is 2.38 bits per heavy atom. The number of benzene rings is 1. The van der Waals surface area contributed by atoms with Crippen LogP contribution in [-0.2, 0) is 4.79 Å². The second-order valence-electron chi connectivity index (χ2n) is 3.66. The zero-order valence-electron chi connectivity index (χ0n) is 8.80. The van der Waals surface area contributed by atoms with Crippen molar-refractivity contribution in [2.24, 2.45) is 0 Å². The van der Waals surface area contributed by atoms with Gasteiger partial charge in [-0.25, -0.2) is 10.9 Å². The van der Waals surface area contributed by atoms with Gasteiger partial charge in [-0.2, -0.15) is 5.53 Å². The molecule has 0 aromatic heterocycles. The maximum absolute atomic E-state index is 11.7. The molecule has 1 saturated heterocycles. The van der Waals surface area contributed by atoms with Crippen molar-refractivity contribution in [3.05, 3.63) is 28.8 Å². The highest BCUT2D eigenvalue weighted by Crippen LogP contribution is 2.19. The van der Waals surface area contributed by atoms with Crippen molar-refractivity contribution >= 4 is 23.2 Å². The van der Waals surface area contributed by atoms with E-state index in [0.29, 0.717) is 11.6 Å². The first kappa shape index (κ1) is 11.3. The number of anilines is 1. The fourth-order valence-corrected chi connectivity index (χ4v) is 1.57. The van der Waals surface area contributed by atoms with E-state index in [1.54, 1.807) is 12.1 Å². The first-order chi connectivity index (χ1) is 7.66. The molecule has 1 amide bonds. The quantitative estimate of drug-likeness (QED) is 0.610. The van der Waals surface area contributed by atoms with Crippen molar-refractivity contribution in [1.82, 2.24) is 16.4 Å². The van der Waals surface area contributed by atoms with Gasteiger partial charge in [-0.3, -0.25) is 4.79 Å². The van der Waals surface area contributed by atoms with Crippen LogP contribution in [0.1, 0.15) is 5.56 Å². The number of hydrogen-bond donors (Lipinski definition) is 4. The van der Waals surface area contributed by atoms with Crippen molar-refractivity contribution in [1.29, 1.82) is 0 Å². The summed E-state index contributed by atoms with van der Waals surface area (Å²) >= 11 is 5.90. The van der Waals surface area contributed by atoms with Crippen LogP contribution in [0, 0.1) is 6.92 Å². The van der Waals surface area contributed by atoms with Crippen LogP contribution in [0.4, 0.5) is 5.69 Å². The normalized spacial score (nSPS) is 19.8. The van der Waals surface area contributed by atoms with Gasteiger partial charge in [0.05, 0.1) is 0 Å². The summed E-state index contributed by atoms with van der Waals surface area (Å²) in [5, 5.41) is 3.51. The molecule has 16 heavy (non-hydrogen) atoms. The molecule has 1 aromatic rings. The van der Waals surface area contributed by atoms with Gasteiger partial charge in [-0.1, -0.05) is 11.6 Å². The van der Waals surface area contributed by atoms with E-state index in [2.05, 4.69) is 21.7 Å². The average molecular weight is 241 g/mol. The largest absolute Gasteiger partial charge is 0.325 e. The standard InChI is InChI=1S/C10H13ClN4O/c1-6-4-7(2-3-8(6)11)13-10(16)9-5-12-15-14-9/h2-4,9,12,14-15H,5H2,1H3,(H,13,16). The third kappa shape index (κ3) is 2.51. The number of amides is 1. The summed E-state index contributed by atoms with van der Waals surface area (Å²) in [6.07, 6.45) is 0. The molecule has 86 valence electrons. The van der Waals surface area contributed by atoms with Crippen molar-refractivity contribution in [3.8, 4) is 0 Å². The number of nitrogens with one attached hydrogen (secondary N) is 4. The van der Waals surface area contributed by atoms with Gasteiger partial charge in [-0.15, -0.1) is 0 Å². The van der Waals surface area contributed by atoms with Crippen LogP contribution in [0.2, 0.25) is 5.02 Å². The molecule has 0 radical (unpaired) electrons. The summed E-state index contributed by atoms with van der Waals surface area (Å²) in [7, 11) is 0. The molecule has 1 atom stereocenters. The maximum Gasteiger partial charge on any atom is 0.244 e. The molecule has 1 unspecified atom stereocenters. The molecule has 0 saturated carbocycles. The maximum atomic E-state index is 11.7. The lowest BCUT2D eigenvalue weighted by Crippen LogP contribution is -2.40. The molecule has 2 rings (SSSR count). The summed E-state index contributed by atoms with van der Waals surface area (Å²) in [6, 6.07) is 5.13. The molecule has 0 aliphatic carbocycles. The SMILES string of the molecule is Cc1cc(NC(=O)C2CNNN2)ccc1Cl. The third-order valence-corrected chi connectivity index (χ3v) is 2.81. The van der Waals surface area contributed by atoms with Gasteiger partial charge in [0.2, 0.25) is 5.91 Å². The van der Waals surface area contributed by atoms with Gasteiger partial charge in [0, 0.05) is 17.3 Å². The fourth-order valence-electron chi connectivity index (χ4n) is 1.45. The van der Waals surface area contributed by atoms with E-state index in [1.165, 1.54) is 0 Å². The predicted molar refractivity (Wildman–Crippen MR) is 62.9 cm³/mol. The number of carbonyl (C=O) groups excluding carboxylic acids is 1. The lowest BCUT2D eigenvalue weighted by atomic mass is 10.2. The van der Waals surface area contributed by atoms with Crippen LogP contribution in [0.15, 0.2) is 18.2 Å². The Labute approximate surface area is 98.5 Å². The summed E-state index contributed by atoms with van der Waals surface area (Å²) < 4.78 is 0. The molecule has 5 nitrogen and oxygen atoms in total. The summed E-state index contributed by atoms with van der Waals surface area (Å²) in [5.74, 6) is -0.0841. The van der Waals surface area contributed by atoms with Crippen LogP contribution in [0.25, 0.3) is 0 Å². The molecule has 4 N–H and O–H groups in total. The molecule has 1 fully saturated rings. The van der Waals surface area contributed by atoms with Gasteiger partial charge in [0.1, 0.15) is 6.04 Å². The van der Waals surface area contributed by atoms with Crippen molar-refractivity contribution < 1.29 is 4.79 Å². The minimum Gasteiger partial charge on any atom is -0.325 e. The number of carbonyl (C=O) groups is 1. The molecular formula is C10H13ClN4O. The van der Waals surface area contributed by atoms with Crippen LogP contribution in [-0.4, -0.2) is 18.5 Å². The smallest absolute Gasteiger partial charge is 0.244 e. The van der Waals surface area contributed by atoms with E-state index >= 15 is 0 Å². The zero-order valence-corrected chi connectivity index (χ0v) is 9.56. The van der Waals surface area contributed by atoms with Crippen LogP contribution in [0.3, 0.4) is 0 Å². The minimum atomic E-state index is -0.268. The number of hydrogen-bond acceptors (Lipinski definition) is 4. The van der Waals surface area contributed by atoms with Crippen molar-refractivity contribution in [3.63, 3.8) is 0 Å². The molecular weight excluding hydrogens is 228 g/mol. The Balaban J connectivity index is 2.02. The highest BCUT2D eigenvalue weighted by atomic mass is 35.5. The van der Waals surface area contributed by atoms with Gasteiger partial charge >= 0.3 is 0 Å². The Morgan fingerprint density at radius 3 is 3.00 bits per heavy atom. The van der Waals surface area contributed by atoms with Gasteiger partial charge in [-0.05, 0) is 30.7 Å². The van der Waals surface area contributed by atoms with E-state index in [0.717, 1.165) is 11.3 Å². The van der Waals surface area contributed by atoms with E-state index in [-0.39, 0.29) is 11.9 Å². The van der Waals surface area contributed by atoms with Crippen molar-refractivity contribution in [2.45, 2.75) is 13.0 Å². The topological polar surface area (TPSA) is 65.2 Å². The van der Waals surface area contributed by atoms with E-state index in [1.807, 2.05) is 13.0 Å². The van der Waals surface area contributed by atoms with Crippen LogP contribution < -0.4 is 21.7 Å². The Kier molecular flexibility index (Phi) is 3.40. The Hall–Kier alpha value is -1.14. The summed E-state index contributed by atoms with van der Waals surface area (Å²) in [5.41, 5.74) is 9.99. The van der Waals surface area contributed by atoms with E-state index < -0.39 is 0 Å². The number of aryl methyl sites for hydroxylation is 1. The Morgan fingerprint density at radius 1 is 1.56 bits per heavy atom. The van der Waals surface area contributed by atoms with Gasteiger partial charge in [0.25, 0.3) is 0 Å². The third-order valence-electron chi connectivity index (χ3n) is 2.38. The lowest BCUT2D eigenvalue weighted by Gasteiger charge is -2.10. The molecule has 1 aliphatic heterocycles. The number of halogens is 1. The monoisotopic (exact) mass is 240 g/mol. The fraction of sp³-hybridized carbons (Fsp3) is 0.300. The molecule has 1 heterocycles. The molecule has 0 spiro atoms. The van der Waals surface area contributed by atoms with Crippen molar-refractivity contribution in [2.75, 3.05) is 11.9 Å². The van der Waals surface area contributed by atoms with Crippen LogP contribution in [0.5, 0.6) is 0 Å². The lowest BCUT2D eigenvalue weighted by molar-refractivity contribution is -0.117. The molecule has 6 heteroatoms. The highest BCUT2D eigenvalue weighted by Gasteiger charge is 2.21. The average Bonchev–Trinajstić information content (AvgIpc) is 2.77. The predicted octanol–water partition coefficient (Wildman–Crippen LogP) is 0.568. The molecule has 1 aliphatic rings. The minimum absolute atomic E-state index is 0.0841. The van der Waals surface area contributed by atoms with Crippen LogP contribution >= 0.6 is 11.6 Å². The first-order valence-electron chi connectivity index (χ1n) is 4.97. The second-order valence-corrected chi connectivity index (χ2v) is 4.06. The molecule has 1 aromatic carbocycles. The van der Waals surface area contributed by atoms with E-state index in [4.69, 9.17) is 11.6 Å². The zero-order chi connectivity index (χ0) is 11.5.